The average Bonchev–Trinajstić information content (AvgIpc) is 2.66. The monoisotopic (exact) mass is 238 g/mol. The molecule has 1 heterocycles. The largest absolute Gasteiger partial charge is 0.379 e. The molecule has 0 fully saturated rings. The molecule has 0 aliphatic carbocycles. The van der Waals surface area contributed by atoms with Gasteiger partial charge in [-0.15, -0.1) is 0 Å². The number of hydrogen-bond acceptors (Lipinski definition) is 1. The van der Waals surface area contributed by atoms with Crippen LogP contribution < -0.4 is 5.32 Å². The molecular weight excluding hydrogens is 227 g/mol. The lowest BCUT2D eigenvalue weighted by Crippen LogP contribution is -2.04. The fourth-order valence-corrected chi connectivity index (χ4v) is 1.60. The number of benzene rings is 1. The summed E-state index contributed by atoms with van der Waals surface area (Å²) in [4.78, 5) is 0. The van der Waals surface area contributed by atoms with Gasteiger partial charge in [-0.2, -0.15) is 0 Å². The van der Waals surface area contributed by atoms with Crippen LogP contribution in [0.1, 0.15) is 5.69 Å². The van der Waals surface area contributed by atoms with Crippen molar-refractivity contribution in [3.63, 3.8) is 0 Å². The summed E-state index contributed by atoms with van der Waals surface area (Å²) in [7, 11) is 1.97. The Hall–Kier alpha value is -1.48. The summed E-state index contributed by atoms with van der Waals surface area (Å²) in [6, 6.07) is 8.68. The van der Waals surface area contributed by atoms with Gasteiger partial charge in [0.15, 0.2) is 0 Å². The molecule has 0 aliphatic rings. The number of anilines is 1. The number of aryl methyl sites for hydroxylation is 1. The first-order valence-electron chi connectivity index (χ1n) is 4.96. The normalized spacial score (nSPS) is 10.4. The van der Waals surface area contributed by atoms with E-state index in [-0.39, 0.29) is 5.02 Å². The van der Waals surface area contributed by atoms with E-state index in [0.29, 0.717) is 6.54 Å². The van der Waals surface area contributed by atoms with Gasteiger partial charge in [-0.25, -0.2) is 4.39 Å². The molecule has 84 valence electrons. The minimum absolute atomic E-state index is 0.143. The third kappa shape index (κ3) is 2.36. The molecule has 0 amide bonds. The van der Waals surface area contributed by atoms with Crippen LogP contribution >= 0.6 is 11.6 Å². The van der Waals surface area contributed by atoms with E-state index >= 15 is 0 Å². The van der Waals surface area contributed by atoms with Gasteiger partial charge in [0.25, 0.3) is 0 Å². The lowest BCUT2D eigenvalue weighted by atomic mass is 10.3. The molecule has 0 spiro atoms. The first kappa shape index (κ1) is 11.0. The van der Waals surface area contributed by atoms with Crippen LogP contribution in [0.3, 0.4) is 0 Å². The van der Waals surface area contributed by atoms with Crippen molar-refractivity contribution in [2.75, 3.05) is 5.32 Å². The lowest BCUT2D eigenvalue weighted by Gasteiger charge is -2.07. The zero-order chi connectivity index (χ0) is 11.5. The summed E-state index contributed by atoms with van der Waals surface area (Å²) in [6.45, 7) is 0.657. The van der Waals surface area contributed by atoms with Crippen molar-refractivity contribution >= 4 is 17.3 Å². The third-order valence-electron chi connectivity index (χ3n) is 2.44. The van der Waals surface area contributed by atoms with Crippen LogP contribution in [0.2, 0.25) is 5.02 Å². The van der Waals surface area contributed by atoms with Crippen molar-refractivity contribution in [1.82, 2.24) is 4.57 Å². The molecular formula is C12H12ClFN2. The Bertz CT molecular complexity index is 494. The van der Waals surface area contributed by atoms with E-state index in [9.17, 15) is 4.39 Å². The van der Waals surface area contributed by atoms with Crippen LogP contribution in [0.4, 0.5) is 10.1 Å². The van der Waals surface area contributed by atoms with Gasteiger partial charge in [0, 0.05) is 24.6 Å². The fraction of sp³-hybridized carbons (Fsp3) is 0.167. The van der Waals surface area contributed by atoms with Gasteiger partial charge in [-0.1, -0.05) is 11.6 Å². The summed E-state index contributed by atoms with van der Waals surface area (Å²) >= 11 is 5.60. The van der Waals surface area contributed by atoms with Crippen LogP contribution in [-0.2, 0) is 13.6 Å². The molecule has 0 radical (unpaired) electrons. The molecule has 2 aromatic rings. The number of rotatable bonds is 3. The highest BCUT2D eigenvalue weighted by Crippen LogP contribution is 2.19. The van der Waals surface area contributed by atoms with E-state index in [0.717, 1.165) is 11.4 Å². The highest BCUT2D eigenvalue weighted by molar-refractivity contribution is 6.30. The van der Waals surface area contributed by atoms with E-state index < -0.39 is 5.82 Å². The number of nitrogens with zero attached hydrogens (tertiary/aromatic N) is 1. The van der Waals surface area contributed by atoms with Crippen LogP contribution in [0.5, 0.6) is 0 Å². The predicted octanol–water partition coefficient (Wildman–Crippen LogP) is 3.43. The Morgan fingerprint density at radius 1 is 1.38 bits per heavy atom. The van der Waals surface area contributed by atoms with Crippen molar-refractivity contribution in [3.8, 4) is 0 Å². The van der Waals surface area contributed by atoms with Gasteiger partial charge < -0.3 is 9.88 Å². The summed E-state index contributed by atoms with van der Waals surface area (Å²) in [6.07, 6.45) is 1.97. The molecule has 4 heteroatoms. The van der Waals surface area contributed by atoms with Crippen molar-refractivity contribution in [2.45, 2.75) is 6.54 Å². The second-order valence-corrected chi connectivity index (χ2v) is 4.00. The SMILES string of the molecule is Cn1cccc1CNc1ccc(Cl)c(F)c1. The molecule has 0 atom stereocenters. The summed E-state index contributed by atoms with van der Waals surface area (Å²) in [5.41, 5.74) is 1.86. The molecule has 1 N–H and O–H groups in total. The maximum Gasteiger partial charge on any atom is 0.143 e. The Morgan fingerprint density at radius 2 is 2.19 bits per heavy atom. The summed E-state index contributed by atoms with van der Waals surface area (Å²) in [5, 5.41) is 3.28. The Morgan fingerprint density at radius 3 is 2.81 bits per heavy atom. The van der Waals surface area contributed by atoms with Gasteiger partial charge >= 0.3 is 0 Å². The quantitative estimate of drug-likeness (QED) is 0.867. The molecule has 0 saturated heterocycles. The highest BCUT2D eigenvalue weighted by Gasteiger charge is 2.01. The highest BCUT2D eigenvalue weighted by atomic mass is 35.5. The molecule has 0 bridgehead atoms. The molecule has 2 nitrogen and oxygen atoms in total. The van der Waals surface area contributed by atoms with Crippen molar-refractivity contribution in [1.29, 1.82) is 0 Å². The molecule has 0 saturated carbocycles. The van der Waals surface area contributed by atoms with Gasteiger partial charge in [-0.3, -0.25) is 0 Å². The number of hydrogen-bond donors (Lipinski definition) is 1. The zero-order valence-electron chi connectivity index (χ0n) is 8.87. The summed E-state index contributed by atoms with van der Waals surface area (Å²) in [5.74, 6) is -0.404. The number of aromatic nitrogens is 1. The van der Waals surface area contributed by atoms with Crippen LogP contribution in [-0.4, -0.2) is 4.57 Å². The third-order valence-corrected chi connectivity index (χ3v) is 2.75. The first-order chi connectivity index (χ1) is 7.66. The summed E-state index contributed by atoms with van der Waals surface area (Å²) < 4.78 is 15.2. The van der Waals surface area contributed by atoms with Crippen molar-refractivity contribution in [2.24, 2.45) is 7.05 Å². The average molecular weight is 239 g/mol. The minimum Gasteiger partial charge on any atom is -0.379 e. The Kier molecular flexibility index (Phi) is 3.15. The van der Waals surface area contributed by atoms with Gasteiger partial charge in [0.05, 0.1) is 11.6 Å². The smallest absolute Gasteiger partial charge is 0.143 e. The molecule has 16 heavy (non-hydrogen) atoms. The van der Waals surface area contributed by atoms with Gasteiger partial charge in [-0.05, 0) is 30.3 Å². The first-order valence-corrected chi connectivity index (χ1v) is 5.34. The molecule has 0 unspecified atom stereocenters. The van der Waals surface area contributed by atoms with Crippen molar-refractivity contribution in [3.05, 3.63) is 53.1 Å². The molecule has 1 aromatic heterocycles. The molecule has 0 aliphatic heterocycles. The predicted molar refractivity (Wildman–Crippen MR) is 64.1 cm³/mol. The second kappa shape index (κ2) is 4.58. The van der Waals surface area contributed by atoms with Crippen LogP contribution in [0.25, 0.3) is 0 Å². The van der Waals surface area contributed by atoms with E-state index in [1.54, 1.807) is 12.1 Å². The minimum atomic E-state index is -0.404. The standard InChI is InChI=1S/C12H12ClFN2/c1-16-6-2-3-10(16)8-15-9-4-5-11(13)12(14)7-9/h2-7,15H,8H2,1H3. The Labute approximate surface area is 98.7 Å². The zero-order valence-corrected chi connectivity index (χ0v) is 9.63. The van der Waals surface area contributed by atoms with Crippen molar-refractivity contribution < 1.29 is 4.39 Å². The number of nitrogens with one attached hydrogen (secondary N) is 1. The van der Waals surface area contributed by atoms with Gasteiger partial charge in [0.1, 0.15) is 5.82 Å². The topological polar surface area (TPSA) is 17.0 Å². The van der Waals surface area contributed by atoms with E-state index in [1.165, 1.54) is 6.07 Å². The van der Waals surface area contributed by atoms with Crippen LogP contribution in [0.15, 0.2) is 36.5 Å². The van der Waals surface area contributed by atoms with E-state index in [1.807, 2.05) is 29.9 Å². The van der Waals surface area contributed by atoms with E-state index in [4.69, 9.17) is 11.6 Å². The van der Waals surface area contributed by atoms with Gasteiger partial charge in [0.2, 0.25) is 0 Å². The maximum atomic E-state index is 13.1. The lowest BCUT2D eigenvalue weighted by molar-refractivity contribution is 0.628. The second-order valence-electron chi connectivity index (χ2n) is 3.59. The Balaban J connectivity index is 2.05. The molecule has 1 aromatic carbocycles. The maximum absolute atomic E-state index is 13.1. The molecule has 2 rings (SSSR count). The fourth-order valence-electron chi connectivity index (χ4n) is 1.48. The van der Waals surface area contributed by atoms with E-state index in [2.05, 4.69) is 5.32 Å². The van der Waals surface area contributed by atoms with Crippen LogP contribution in [0, 0.1) is 5.82 Å². The number of halogens is 2.